The lowest BCUT2D eigenvalue weighted by Crippen LogP contribution is -2.00. The van der Waals surface area contributed by atoms with Gasteiger partial charge in [-0.15, -0.1) is 0 Å². The number of carbonyl (C=O) groups excluding carboxylic acids is 2. The molecule has 0 aromatic heterocycles. The van der Waals surface area contributed by atoms with Crippen LogP contribution in [0, 0.1) is 0 Å². The predicted molar refractivity (Wildman–Crippen MR) is 42.4 cm³/mol. The zero-order valence-corrected chi connectivity index (χ0v) is 7.20. The summed E-state index contributed by atoms with van der Waals surface area (Å²) in [5.74, 6) is -0.653. The minimum atomic E-state index is -0.327. The normalized spacial score (nSPS) is 9.83. The molecule has 0 saturated carbocycles. The molecule has 0 atom stereocenters. The van der Waals surface area contributed by atoms with Gasteiger partial charge in [-0.3, -0.25) is 9.59 Å². The van der Waals surface area contributed by atoms with Gasteiger partial charge in [0.25, 0.3) is 0 Å². The lowest BCUT2D eigenvalue weighted by atomic mass is 10.5. The molecule has 0 bridgehead atoms. The van der Waals surface area contributed by atoms with Crippen molar-refractivity contribution in [3.05, 3.63) is 12.2 Å². The van der Waals surface area contributed by atoms with Crippen molar-refractivity contribution in [2.75, 3.05) is 13.2 Å². The average Bonchev–Trinajstić information content (AvgIpc) is 1.95. The Morgan fingerprint density at radius 3 is 1.58 bits per heavy atom. The Hall–Kier alpha value is -1.32. The van der Waals surface area contributed by atoms with E-state index in [0.717, 1.165) is 0 Å². The number of ether oxygens (including phenoxy) is 2. The van der Waals surface area contributed by atoms with Crippen molar-refractivity contribution in [2.24, 2.45) is 0 Å². The fourth-order valence-electron chi connectivity index (χ4n) is 0.467. The number of esters is 2. The Morgan fingerprint density at radius 2 is 1.33 bits per heavy atom. The van der Waals surface area contributed by atoms with Gasteiger partial charge in [0.2, 0.25) is 0 Å². The van der Waals surface area contributed by atoms with Crippen molar-refractivity contribution in [2.45, 2.75) is 13.8 Å². The van der Waals surface area contributed by atoms with E-state index >= 15 is 0 Å². The van der Waals surface area contributed by atoms with Gasteiger partial charge in [-0.05, 0) is 12.2 Å². The Morgan fingerprint density at radius 1 is 1.00 bits per heavy atom. The highest BCUT2D eigenvalue weighted by atomic mass is 16.5. The summed E-state index contributed by atoms with van der Waals surface area (Å²) in [5.41, 5.74) is 0. The van der Waals surface area contributed by atoms with Crippen LogP contribution in [0.25, 0.3) is 0 Å². The molecule has 0 radical (unpaired) electrons. The molecule has 0 saturated heterocycles. The predicted octanol–water partition coefficient (Wildman–Crippen LogP) is 0.669. The van der Waals surface area contributed by atoms with Crippen LogP contribution in [0.1, 0.15) is 13.8 Å². The minimum absolute atomic E-state index is 0.219. The van der Waals surface area contributed by atoms with Crippen LogP contribution in [0.15, 0.2) is 12.2 Å². The molecule has 68 valence electrons. The van der Waals surface area contributed by atoms with Crippen LogP contribution in [-0.4, -0.2) is 25.2 Å². The van der Waals surface area contributed by atoms with Crippen molar-refractivity contribution in [1.29, 1.82) is 0 Å². The van der Waals surface area contributed by atoms with Gasteiger partial charge in [0.1, 0.15) is 13.2 Å². The summed E-state index contributed by atoms with van der Waals surface area (Å²) in [5, 5.41) is 0. The highest BCUT2D eigenvalue weighted by Crippen LogP contribution is 1.81. The lowest BCUT2D eigenvalue weighted by molar-refractivity contribution is -0.141. The zero-order chi connectivity index (χ0) is 9.40. The van der Waals surface area contributed by atoms with E-state index in [4.69, 9.17) is 0 Å². The molecule has 0 N–H and O–H groups in total. The summed E-state index contributed by atoms with van der Waals surface area (Å²) >= 11 is 0. The monoisotopic (exact) mass is 172 g/mol. The maximum Gasteiger partial charge on any atom is 0.302 e. The molecule has 4 heteroatoms. The number of carbonyl (C=O) groups is 2. The molecule has 0 amide bonds. The first-order valence-corrected chi connectivity index (χ1v) is 3.54. The quantitative estimate of drug-likeness (QED) is 0.462. The summed E-state index contributed by atoms with van der Waals surface area (Å²) in [4.78, 5) is 20.5. The van der Waals surface area contributed by atoms with Gasteiger partial charge in [-0.25, -0.2) is 0 Å². The van der Waals surface area contributed by atoms with Crippen molar-refractivity contribution in [3.63, 3.8) is 0 Å². The van der Waals surface area contributed by atoms with E-state index in [1.807, 2.05) is 0 Å². The van der Waals surface area contributed by atoms with Gasteiger partial charge in [-0.1, -0.05) is 0 Å². The molecule has 0 aliphatic heterocycles. The van der Waals surface area contributed by atoms with E-state index in [-0.39, 0.29) is 25.2 Å². The zero-order valence-electron chi connectivity index (χ0n) is 7.20. The van der Waals surface area contributed by atoms with Gasteiger partial charge in [-0.2, -0.15) is 0 Å². The second-order valence-corrected chi connectivity index (χ2v) is 2.08. The van der Waals surface area contributed by atoms with Crippen LogP contribution in [0.5, 0.6) is 0 Å². The topological polar surface area (TPSA) is 52.6 Å². The molecule has 0 aromatic carbocycles. The summed E-state index contributed by atoms with van der Waals surface area (Å²) < 4.78 is 9.17. The van der Waals surface area contributed by atoms with E-state index in [9.17, 15) is 9.59 Å². The first-order chi connectivity index (χ1) is 5.63. The molecule has 0 unspecified atom stereocenters. The summed E-state index contributed by atoms with van der Waals surface area (Å²) in [6.45, 7) is 3.10. The third-order valence-corrected chi connectivity index (χ3v) is 0.932. The molecule has 0 spiro atoms. The molecule has 0 aromatic rings. The van der Waals surface area contributed by atoms with Crippen LogP contribution in [0.3, 0.4) is 0 Å². The van der Waals surface area contributed by atoms with Crippen molar-refractivity contribution >= 4 is 11.9 Å². The fraction of sp³-hybridized carbons (Fsp3) is 0.500. The van der Waals surface area contributed by atoms with Gasteiger partial charge >= 0.3 is 11.9 Å². The van der Waals surface area contributed by atoms with Crippen molar-refractivity contribution < 1.29 is 19.1 Å². The molecule has 0 heterocycles. The Bertz CT molecular complexity index is 163. The van der Waals surface area contributed by atoms with Crippen LogP contribution >= 0.6 is 0 Å². The molecule has 4 nitrogen and oxygen atoms in total. The smallest absolute Gasteiger partial charge is 0.302 e. The molecule has 0 aliphatic rings. The first-order valence-electron chi connectivity index (χ1n) is 3.54. The van der Waals surface area contributed by atoms with Crippen molar-refractivity contribution in [3.8, 4) is 0 Å². The van der Waals surface area contributed by atoms with Crippen LogP contribution < -0.4 is 0 Å². The molecular weight excluding hydrogens is 160 g/mol. The Kier molecular flexibility index (Phi) is 5.69. The van der Waals surface area contributed by atoms with Crippen molar-refractivity contribution in [1.82, 2.24) is 0 Å². The van der Waals surface area contributed by atoms with Gasteiger partial charge in [0.15, 0.2) is 0 Å². The van der Waals surface area contributed by atoms with Crippen LogP contribution in [-0.2, 0) is 19.1 Å². The Labute approximate surface area is 71.2 Å². The highest BCUT2D eigenvalue weighted by Gasteiger charge is 1.88. The maximum absolute atomic E-state index is 10.2. The third-order valence-electron chi connectivity index (χ3n) is 0.932. The molecular formula is C8H12O4. The van der Waals surface area contributed by atoms with Gasteiger partial charge in [0, 0.05) is 13.8 Å². The van der Waals surface area contributed by atoms with Crippen LogP contribution in [0.4, 0.5) is 0 Å². The number of rotatable bonds is 4. The second-order valence-electron chi connectivity index (χ2n) is 2.08. The molecule has 0 fully saturated rings. The molecule has 0 aliphatic carbocycles. The van der Waals surface area contributed by atoms with E-state index in [1.165, 1.54) is 13.8 Å². The summed E-state index contributed by atoms with van der Waals surface area (Å²) in [6, 6.07) is 0. The fourth-order valence-corrected chi connectivity index (χ4v) is 0.467. The van der Waals surface area contributed by atoms with E-state index < -0.39 is 0 Å². The Balaban J connectivity index is 3.26. The van der Waals surface area contributed by atoms with Gasteiger partial charge in [0.05, 0.1) is 0 Å². The van der Waals surface area contributed by atoms with E-state index in [0.29, 0.717) is 0 Å². The standard InChI is InChI=1S/C8H12O4/c1-7(9)11-5-3-4-6-12-8(2)10/h3-4H,5-6H2,1-2H3. The second kappa shape index (κ2) is 6.39. The van der Waals surface area contributed by atoms with E-state index in [1.54, 1.807) is 12.2 Å². The maximum atomic E-state index is 10.2. The molecule has 12 heavy (non-hydrogen) atoms. The van der Waals surface area contributed by atoms with E-state index in [2.05, 4.69) is 9.47 Å². The lowest BCUT2D eigenvalue weighted by Gasteiger charge is -1.96. The van der Waals surface area contributed by atoms with Crippen LogP contribution in [0.2, 0.25) is 0 Å². The summed E-state index contributed by atoms with van der Waals surface area (Å²) in [7, 11) is 0. The minimum Gasteiger partial charge on any atom is -0.462 e. The third kappa shape index (κ3) is 8.68. The summed E-state index contributed by atoms with van der Waals surface area (Å²) in [6.07, 6.45) is 3.23. The SMILES string of the molecule is CC(=O)OCC=CCOC(C)=O. The average molecular weight is 172 g/mol. The van der Waals surface area contributed by atoms with Gasteiger partial charge < -0.3 is 9.47 Å². The number of hydrogen-bond donors (Lipinski definition) is 0. The molecule has 0 rings (SSSR count). The highest BCUT2D eigenvalue weighted by molar-refractivity contribution is 5.66. The number of hydrogen-bond acceptors (Lipinski definition) is 4. The first kappa shape index (κ1) is 10.7. The largest absolute Gasteiger partial charge is 0.462 e.